The van der Waals surface area contributed by atoms with E-state index in [1.54, 1.807) is 6.92 Å². The van der Waals surface area contributed by atoms with Crippen molar-refractivity contribution in [3.63, 3.8) is 0 Å². The van der Waals surface area contributed by atoms with E-state index in [2.05, 4.69) is 9.97 Å². The summed E-state index contributed by atoms with van der Waals surface area (Å²) in [5, 5.41) is 8.88. The zero-order valence-electron chi connectivity index (χ0n) is 9.11. The number of carboxylic acids is 1. The highest BCUT2D eigenvalue weighted by Crippen LogP contribution is 2.14. The fourth-order valence-corrected chi connectivity index (χ4v) is 1.26. The van der Waals surface area contributed by atoms with Crippen molar-refractivity contribution in [3.05, 3.63) is 17.2 Å². The highest BCUT2D eigenvalue weighted by Gasteiger charge is 2.15. The molecule has 0 unspecified atom stereocenters. The van der Waals surface area contributed by atoms with Crippen molar-refractivity contribution in [2.45, 2.75) is 27.2 Å². The van der Waals surface area contributed by atoms with Crippen LogP contribution in [0.5, 0.6) is 0 Å². The molecule has 0 radical (unpaired) electrons. The summed E-state index contributed by atoms with van der Waals surface area (Å²) in [5.41, 5.74) is 6.15. The maximum Gasteiger partial charge on any atom is 0.356 e. The van der Waals surface area contributed by atoms with Gasteiger partial charge in [-0.2, -0.15) is 0 Å². The van der Waals surface area contributed by atoms with Gasteiger partial charge in [-0.1, -0.05) is 13.8 Å². The zero-order valence-corrected chi connectivity index (χ0v) is 9.11. The van der Waals surface area contributed by atoms with E-state index in [0.717, 1.165) is 0 Å². The molecule has 0 spiro atoms. The van der Waals surface area contributed by atoms with Gasteiger partial charge >= 0.3 is 5.97 Å². The zero-order chi connectivity index (χ0) is 11.6. The summed E-state index contributed by atoms with van der Waals surface area (Å²) in [6.45, 7) is 5.73. The second-order valence-electron chi connectivity index (χ2n) is 3.89. The Bertz CT molecular complexity index is 388. The first-order valence-corrected chi connectivity index (χ1v) is 4.78. The number of nitrogens with zero attached hydrogens (tertiary/aromatic N) is 2. The van der Waals surface area contributed by atoms with E-state index in [0.29, 0.717) is 23.9 Å². The van der Waals surface area contributed by atoms with Crippen molar-refractivity contribution in [2.75, 3.05) is 5.73 Å². The molecule has 0 amide bonds. The van der Waals surface area contributed by atoms with Gasteiger partial charge in [-0.3, -0.25) is 0 Å². The van der Waals surface area contributed by atoms with Crippen LogP contribution in [-0.2, 0) is 6.42 Å². The average molecular weight is 209 g/mol. The normalized spacial score (nSPS) is 10.7. The van der Waals surface area contributed by atoms with Crippen LogP contribution >= 0.6 is 0 Å². The van der Waals surface area contributed by atoms with Crippen LogP contribution < -0.4 is 5.73 Å². The number of hydrogen-bond donors (Lipinski definition) is 2. The van der Waals surface area contributed by atoms with Gasteiger partial charge in [0.25, 0.3) is 0 Å². The van der Waals surface area contributed by atoms with Gasteiger partial charge in [-0.25, -0.2) is 14.8 Å². The fraction of sp³-hybridized carbons (Fsp3) is 0.500. The molecule has 1 heterocycles. The molecule has 82 valence electrons. The highest BCUT2D eigenvalue weighted by atomic mass is 16.4. The first kappa shape index (κ1) is 11.4. The lowest BCUT2D eigenvalue weighted by atomic mass is 10.1. The quantitative estimate of drug-likeness (QED) is 0.782. The predicted octanol–water partition coefficient (Wildman–Crippen LogP) is 1.26. The lowest BCUT2D eigenvalue weighted by molar-refractivity contribution is 0.0691. The van der Waals surface area contributed by atoms with Crippen molar-refractivity contribution in [3.8, 4) is 0 Å². The van der Waals surface area contributed by atoms with Crippen LogP contribution in [0, 0.1) is 12.8 Å². The van der Waals surface area contributed by atoms with E-state index in [9.17, 15) is 4.79 Å². The van der Waals surface area contributed by atoms with E-state index in [1.807, 2.05) is 13.8 Å². The Morgan fingerprint density at radius 1 is 1.47 bits per heavy atom. The van der Waals surface area contributed by atoms with E-state index in [4.69, 9.17) is 10.8 Å². The first-order chi connectivity index (χ1) is 6.91. The summed E-state index contributed by atoms with van der Waals surface area (Å²) in [6.07, 6.45) is 0.654. The third-order valence-corrected chi connectivity index (χ3v) is 1.98. The highest BCUT2D eigenvalue weighted by molar-refractivity contribution is 5.91. The Balaban J connectivity index is 3.17. The van der Waals surface area contributed by atoms with Gasteiger partial charge < -0.3 is 10.8 Å². The third kappa shape index (κ3) is 2.65. The van der Waals surface area contributed by atoms with Crippen LogP contribution in [0.1, 0.15) is 35.9 Å². The van der Waals surface area contributed by atoms with E-state index in [-0.39, 0.29) is 11.4 Å². The van der Waals surface area contributed by atoms with Crippen LogP contribution in [0.25, 0.3) is 0 Å². The van der Waals surface area contributed by atoms with Crippen molar-refractivity contribution >= 4 is 11.7 Å². The maximum absolute atomic E-state index is 10.8. The second-order valence-corrected chi connectivity index (χ2v) is 3.89. The summed E-state index contributed by atoms with van der Waals surface area (Å²) in [4.78, 5) is 18.9. The van der Waals surface area contributed by atoms with Gasteiger partial charge in [0.1, 0.15) is 5.82 Å². The molecule has 1 rings (SSSR count). The first-order valence-electron chi connectivity index (χ1n) is 4.78. The number of aryl methyl sites for hydroxylation is 1. The number of nitrogen functional groups attached to an aromatic ring is 1. The topological polar surface area (TPSA) is 89.1 Å². The molecule has 0 atom stereocenters. The molecule has 5 heteroatoms. The molecular weight excluding hydrogens is 194 g/mol. The van der Waals surface area contributed by atoms with Crippen molar-refractivity contribution < 1.29 is 9.90 Å². The average Bonchev–Trinajstić information content (AvgIpc) is 2.09. The minimum Gasteiger partial charge on any atom is -0.476 e. The van der Waals surface area contributed by atoms with Crippen LogP contribution in [0.3, 0.4) is 0 Å². The molecular formula is C10H15N3O2. The maximum atomic E-state index is 10.8. The Kier molecular flexibility index (Phi) is 3.24. The molecule has 5 nitrogen and oxygen atoms in total. The SMILES string of the molecule is Cc1nc(CC(C)C)nc(C(=O)O)c1N. The van der Waals surface area contributed by atoms with Crippen molar-refractivity contribution in [1.29, 1.82) is 0 Å². The second kappa shape index (κ2) is 4.25. The Morgan fingerprint density at radius 2 is 2.07 bits per heavy atom. The molecule has 0 aliphatic carbocycles. The molecule has 0 fully saturated rings. The number of carbonyl (C=O) groups is 1. The number of aromatic carboxylic acids is 1. The van der Waals surface area contributed by atoms with E-state index in [1.165, 1.54) is 0 Å². The van der Waals surface area contributed by atoms with Gasteiger partial charge in [0.15, 0.2) is 5.69 Å². The fourth-order valence-electron chi connectivity index (χ4n) is 1.26. The minimum absolute atomic E-state index is 0.0989. The van der Waals surface area contributed by atoms with Gasteiger partial charge in [0.05, 0.1) is 11.4 Å². The summed E-state index contributed by atoms with van der Waals surface area (Å²) in [5.74, 6) is -0.188. The lowest BCUT2D eigenvalue weighted by Crippen LogP contribution is -2.13. The molecule has 0 aliphatic heterocycles. The number of hydrogen-bond acceptors (Lipinski definition) is 4. The smallest absolute Gasteiger partial charge is 0.356 e. The summed E-state index contributed by atoms with van der Waals surface area (Å²) in [6, 6.07) is 0. The molecule has 0 saturated carbocycles. The van der Waals surface area contributed by atoms with Crippen LogP contribution in [0.4, 0.5) is 5.69 Å². The van der Waals surface area contributed by atoms with Crippen LogP contribution in [0.2, 0.25) is 0 Å². The van der Waals surface area contributed by atoms with Gasteiger partial charge in [0, 0.05) is 6.42 Å². The molecule has 0 aromatic carbocycles. The number of rotatable bonds is 3. The summed E-state index contributed by atoms with van der Waals surface area (Å²) >= 11 is 0. The van der Waals surface area contributed by atoms with Crippen molar-refractivity contribution in [1.82, 2.24) is 9.97 Å². The summed E-state index contributed by atoms with van der Waals surface area (Å²) < 4.78 is 0. The molecule has 1 aromatic heterocycles. The summed E-state index contributed by atoms with van der Waals surface area (Å²) in [7, 11) is 0. The Hall–Kier alpha value is -1.65. The van der Waals surface area contributed by atoms with Gasteiger partial charge in [0.2, 0.25) is 0 Å². The predicted molar refractivity (Wildman–Crippen MR) is 56.7 cm³/mol. The van der Waals surface area contributed by atoms with Crippen LogP contribution in [0.15, 0.2) is 0 Å². The number of carboxylic acid groups (broad SMARTS) is 1. The van der Waals surface area contributed by atoms with E-state index >= 15 is 0 Å². The Labute approximate surface area is 88.4 Å². The number of nitrogens with two attached hydrogens (primary N) is 1. The van der Waals surface area contributed by atoms with Crippen molar-refractivity contribution in [2.24, 2.45) is 5.92 Å². The minimum atomic E-state index is -1.11. The molecule has 0 bridgehead atoms. The largest absolute Gasteiger partial charge is 0.476 e. The van der Waals surface area contributed by atoms with Gasteiger partial charge in [-0.15, -0.1) is 0 Å². The monoisotopic (exact) mass is 209 g/mol. The third-order valence-electron chi connectivity index (χ3n) is 1.98. The number of anilines is 1. The number of aromatic nitrogens is 2. The molecule has 1 aromatic rings. The molecule has 0 aliphatic rings. The van der Waals surface area contributed by atoms with E-state index < -0.39 is 5.97 Å². The standard InChI is InChI=1S/C10H15N3O2/c1-5(2)4-7-12-6(3)8(11)9(13-7)10(14)15/h5H,4,11H2,1-3H3,(H,14,15). The van der Waals surface area contributed by atoms with Crippen LogP contribution in [-0.4, -0.2) is 21.0 Å². The lowest BCUT2D eigenvalue weighted by Gasteiger charge is -2.08. The molecule has 15 heavy (non-hydrogen) atoms. The molecule has 0 saturated heterocycles. The Morgan fingerprint density at radius 3 is 2.53 bits per heavy atom. The van der Waals surface area contributed by atoms with Gasteiger partial charge in [-0.05, 0) is 12.8 Å². The molecule has 3 N–H and O–H groups in total.